The van der Waals surface area contributed by atoms with E-state index in [-0.39, 0.29) is 25.2 Å². The van der Waals surface area contributed by atoms with Crippen molar-refractivity contribution in [2.24, 2.45) is 0 Å². The zero-order valence-corrected chi connectivity index (χ0v) is 36.0. The lowest BCUT2D eigenvalue weighted by atomic mass is 10.0. The molecule has 0 aromatic rings. The molecule has 2 unspecified atom stereocenters. The van der Waals surface area contributed by atoms with Gasteiger partial charge in [-0.1, -0.05) is 152 Å². The molecule has 314 valence electrons. The zero-order valence-electron chi connectivity index (χ0n) is 35.1. The average molecular weight is 783 g/mol. The number of ether oxygens (including phenoxy) is 1. The van der Waals surface area contributed by atoms with E-state index in [1.54, 1.807) is 0 Å². The number of aliphatic hydroxyl groups excluding tert-OH is 1. The number of phosphoric ester groups is 1. The maximum Gasteiger partial charge on any atom is 0.473 e. The van der Waals surface area contributed by atoms with E-state index in [4.69, 9.17) is 13.8 Å². The summed E-state index contributed by atoms with van der Waals surface area (Å²) in [5, 5.41) is 9.71. The van der Waals surface area contributed by atoms with Crippen LogP contribution in [-0.2, 0) is 27.9 Å². The number of allylic oxidation sites excluding steroid dienone is 8. The molecule has 0 spiro atoms. The van der Waals surface area contributed by atoms with Crippen LogP contribution in [0.5, 0.6) is 0 Å². The van der Waals surface area contributed by atoms with E-state index in [2.05, 4.69) is 56.4 Å². The van der Waals surface area contributed by atoms with Gasteiger partial charge in [0.2, 0.25) is 0 Å². The number of quaternary nitrogens is 1. The van der Waals surface area contributed by atoms with Gasteiger partial charge in [0.1, 0.15) is 12.6 Å². The molecule has 0 aliphatic heterocycles. The molecule has 3 atom stereocenters. The van der Waals surface area contributed by atoms with Crippen molar-refractivity contribution in [3.63, 3.8) is 0 Å². The standard InChI is InChI=1S/C44H80NO8P/c1-6-8-10-12-14-16-18-20-21-22-23-25-27-29-31-33-35-37-44(48)52-41(39-46)40-51-54(49,50)53-43(38-45(3,4)5)42(47)36-34-32-30-28-26-24-19-17-15-13-11-9-7-2/h14,16,20-21,23,25,29,31,41,43,46H,6-13,15,17-19,22,24,26-28,30,32-40H2,1-5H3/p+1/b16-14-,21-20-,25-23-,31-29-/t41-,43?/m1/s1. The van der Waals surface area contributed by atoms with Crippen LogP contribution in [0.3, 0.4) is 0 Å². The average Bonchev–Trinajstić information content (AvgIpc) is 3.12. The van der Waals surface area contributed by atoms with E-state index in [1.165, 1.54) is 83.5 Å². The molecule has 0 bridgehead atoms. The molecule has 9 nitrogen and oxygen atoms in total. The Hall–Kier alpha value is -1.87. The van der Waals surface area contributed by atoms with Gasteiger partial charge in [0.25, 0.3) is 0 Å². The van der Waals surface area contributed by atoms with Gasteiger partial charge in [-0.05, 0) is 51.4 Å². The smallest absolute Gasteiger partial charge is 0.457 e. The molecule has 0 aromatic heterocycles. The first-order valence-electron chi connectivity index (χ1n) is 21.3. The summed E-state index contributed by atoms with van der Waals surface area (Å²) in [5.74, 6) is -0.763. The van der Waals surface area contributed by atoms with Crippen LogP contribution in [0.15, 0.2) is 48.6 Å². The van der Waals surface area contributed by atoms with Crippen LogP contribution in [0.25, 0.3) is 0 Å². The van der Waals surface area contributed by atoms with Crippen LogP contribution in [0.1, 0.15) is 168 Å². The van der Waals surface area contributed by atoms with Crippen LogP contribution in [-0.4, -0.2) is 79.3 Å². The molecule has 0 saturated carbocycles. The summed E-state index contributed by atoms with van der Waals surface area (Å²) in [7, 11) is 0.951. The zero-order chi connectivity index (χ0) is 40.2. The second-order valence-electron chi connectivity index (χ2n) is 15.6. The van der Waals surface area contributed by atoms with E-state index in [9.17, 15) is 24.2 Å². The van der Waals surface area contributed by atoms with Crippen molar-refractivity contribution in [1.82, 2.24) is 0 Å². The van der Waals surface area contributed by atoms with E-state index >= 15 is 0 Å². The number of ketones is 1. The van der Waals surface area contributed by atoms with E-state index in [0.717, 1.165) is 38.5 Å². The first-order chi connectivity index (χ1) is 25.9. The van der Waals surface area contributed by atoms with Crippen molar-refractivity contribution >= 4 is 19.6 Å². The van der Waals surface area contributed by atoms with Crippen molar-refractivity contribution in [1.29, 1.82) is 0 Å². The Bertz CT molecular complexity index is 1080. The van der Waals surface area contributed by atoms with Gasteiger partial charge < -0.3 is 19.2 Å². The molecule has 0 radical (unpaired) electrons. The Morgan fingerprint density at radius 3 is 1.56 bits per heavy atom. The Labute approximate surface area is 330 Å². The summed E-state index contributed by atoms with van der Waals surface area (Å²) in [6.07, 6.45) is 40.0. The van der Waals surface area contributed by atoms with Gasteiger partial charge in [-0.25, -0.2) is 4.57 Å². The number of rotatable bonds is 38. The number of unbranched alkanes of at least 4 members (excludes halogenated alkanes) is 16. The lowest BCUT2D eigenvalue weighted by molar-refractivity contribution is -0.872. The summed E-state index contributed by atoms with van der Waals surface area (Å²) in [6, 6.07) is 0. The summed E-state index contributed by atoms with van der Waals surface area (Å²) < 4.78 is 29.0. The predicted octanol–water partition coefficient (Wildman–Crippen LogP) is 11.3. The first-order valence-corrected chi connectivity index (χ1v) is 22.8. The molecule has 10 heteroatoms. The number of hydrogen-bond acceptors (Lipinski definition) is 7. The minimum Gasteiger partial charge on any atom is -0.457 e. The van der Waals surface area contributed by atoms with E-state index < -0.39 is 39.2 Å². The fraction of sp³-hybridized carbons (Fsp3) is 0.773. The number of Topliss-reactive ketones (excluding diaryl/α,β-unsaturated/α-hetero) is 1. The fourth-order valence-corrected chi connectivity index (χ4v) is 6.75. The fourth-order valence-electron chi connectivity index (χ4n) is 5.83. The number of carbonyl (C=O) groups excluding carboxylic acids is 2. The highest BCUT2D eigenvalue weighted by molar-refractivity contribution is 7.47. The molecule has 0 aliphatic carbocycles. The van der Waals surface area contributed by atoms with Gasteiger partial charge >= 0.3 is 13.8 Å². The molecule has 0 rings (SSSR count). The number of nitrogens with zero attached hydrogens (tertiary/aromatic N) is 1. The van der Waals surface area contributed by atoms with Crippen molar-refractivity contribution in [2.45, 2.75) is 180 Å². The SMILES string of the molecule is CCCCC/C=C\C/C=C\C/C=C\C/C=C\CCCC(=O)O[C@H](CO)COP(=O)(O)OC(C[N+](C)(C)C)C(=O)CCCCCCCCCCCCCCC. The molecule has 0 aliphatic rings. The second kappa shape index (κ2) is 35.5. The molecular formula is C44H81NO8P+. The van der Waals surface area contributed by atoms with Crippen molar-refractivity contribution in [2.75, 3.05) is 40.9 Å². The highest BCUT2D eigenvalue weighted by Gasteiger charge is 2.35. The molecule has 0 fully saturated rings. The minimum atomic E-state index is -4.68. The van der Waals surface area contributed by atoms with Crippen LogP contribution in [0.2, 0.25) is 0 Å². The summed E-state index contributed by atoms with van der Waals surface area (Å²) in [4.78, 5) is 35.9. The number of carbonyl (C=O) groups is 2. The molecule has 2 N–H and O–H groups in total. The number of phosphoric acid groups is 1. The van der Waals surface area contributed by atoms with Crippen LogP contribution >= 0.6 is 7.82 Å². The summed E-state index contributed by atoms with van der Waals surface area (Å²) >= 11 is 0. The Balaban J connectivity index is 4.38. The topological polar surface area (TPSA) is 119 Å². The van der Waals surface area contributed by atoms with Crippen molar-refractivity contribution in [3.05, 3.63) is 48.6 Å². The monoisotopic (exact) mass is 783 g/mol. The number of hydrogen-bond donors (Lipinski definition) is 2. The van der Waals surface area contributed by atoms with Gasteiger partial charge in [-0.3, -0.25) is 18.6 Å². The molecule has 0 saturated heterocycles. The van der Waals surface area contributed by atoms with Crippen LogP contribution in [0.4, 0.5) is 0 Å². The molecule has 54 heavy (non-hydrogen) atoms. The number of aliphatic hydroxyl groups is 1. The highest BCUT2D eigenvalue weighted by Crippen LogP contribution is 2.45. The Morgan fingerprint density at radius 1 is 0.630 bits per heavy atom. The third-order valence-electron chi connectivity index (χ3n) is 8.99. The van der Waals surface area contributed by atoms with Gasteiger partial charge in [-0.2, -0.15) is 0 Å². The molecule has 0 heterocycles. The third kappa shape index (κ3) is 35.8. The van der Waals surface area contributed by atoms with Gasteiger partial charge in [0.15, 0.2) is 11.9 Å². The third-order valence-corrected chi connectivity index (χ3v) is 9.99. The maximum atomic E-state index is 13.1. The van der Waals surface area contributed by atoms with Gasteiger partial charge in [-0.15, -0.1) is 0 Å². The summed E-state index contributed by atoms with van der Waals surface area (Å²) in [6.45, 7) is 3.55. The van der Waals surface area contributed by atoms with Crippen LogP contribution in [0, 0.1) is 0 Å². The molecule has 0 amide bonds. The molecule has 0 aromatic carbocycles. The predicted molar refractivity (Wildman–Crippen MR) is 224 cm³/mol. The van der Waals surface area contributed by atoms with Crippen LogP contribution < -0.4 is 0 Å². The van der Waals surface area contributed by atoms with Crippen molar-refractivity contribution in [3.8, 4) is 0 Å². The normalized spacial score (nSPS) is 14.8. The quantitative estimate of drug-likeness (QED) is 0.0209. The largest absolute Gasteiger partial charge is 0.473 e. The molecular weight excluding hydrogens is 701 g/mol. The number of likely N-dealkylation sites (N-methyl/N-ethyl adjacent to an activating group) is 1. The minimum absolute atomic E-state index is 0.140. The summed E-state index contributed by atoms with van der Waals surface area (Å²) in [5.41, 5.74) is 0. The second-order valence-corrected chi connectivity index (χ2v) is 17.0. The van der Waals surface area contributed by atoms with Crippen molar-refractivity contribution < 1.29 is 42.4 Å². The Kier molecular flexibility index (Phi) is 34.3. The number of esters is 1. The van der Waals surface area contributed by atoms with Gasteiger partial charge in [0.05, 0.1) is 34.4 Å². The Morgan fingerprint density at radius 2 is 1.07 bits per heavy atom. The maximum absolute atomic E-state index is 13.1. The van der Waals surface area contributed by atoms with E-state index in [0.29, 0.717) is 23.7 Å². The lowest BCUT2D eigenvalue weighted by Gasteiger charge is -2.29. The highest BCUT2D eigenvalue weighted by atomic mass is 31.2. The van der Waals surface area contributed by atoms with Gasteiger partial charge in [0, 0.05) is 12.8 Å². The first kappa shape index (κ1) is 52.1. The lowest BCUT2D eigenvalue weighted by Crippen LogP contribution is -2.45. The van der Waals surface area contributed by atoms with E-state index in [1.807, 2.05) is 27.2 Å².